The Balaban J connectivity index is 1.60. The van der Waals surface area contributed by atoms with Gasteiger partial charge in [-0.05, 0) is 43.3 Å². The molecule has 0 aliphatic rings. The molecule has 7 heteroatoms. The first-order chi connectivity index (χ1) is 13.1. The molecule has 1 amide bonds. The summed E-state index contributed by atoms with van der Waals surface area (Å²) in [6.45, 7) is 2.70. The lowest BCUT2D eigenvalue weighted by Crippen LogP contribution is -2.29. The predicted molar refractivity (Wildman–Crippen MR) is 107 cm³/mol. The van der Waals surface area contributed by atoms with Crippen molar-refractivity contribution in [2.75, 3.05) is 13.7 Å². The lowest BCUT2D eigenvalue weighted by molar-refractivity contribution is -0.121. The van der Waals surface area contributed by atoms with Gasteiger partial charge >= 0.3 is 0 Å². The molecule has 0 bridgehead atoms. The molecule has 140 valence electrons. The van der Waals surface area contributed by atoms with E-state index in [0.717, 1.165) is 28.9 Å². The van der Waals surface area contributed by atoms with Crippen LogP contribution in [0.1, 0.15) is 11.1 Å². The summed E-state index contributed by atoms with van der Waals surface area (Å²) in [7, 11) is 1.64. The van der Waals surface area contributed by atoms with Crippen LogP contribution in [0.5, 0.6) is 5.75 Å². The van der Waals surface area contributed by atoms with Crippen molar-refractivity contribution in [3.8, 4) is 17.1 Å². The van der Waals surface area contributed by atoms with Gasteiger partial charge in [-0.2, -0.15) is 5.10 Å². The Kier molecular flexibility index (Phi) is 6.03. The Bertz CT molecular complexity index is 959. The van der Waals surface area contributed by atoms with Gasteiger partial charge in [0.1, 0.15) is 12.3 Å². The van der Waals surface area contributed by atoms with Crippen molar-refractivity contribution in [2.45, 2.75) is 19.9 Å². The van der Waals surface area contributed by atoms with Gasteiger partial charge in [-0.25, -0.2) is 0 Å². The maximum absolute atomic E-state index is 12.4. The van der Waals surface area contributed by atoms with Gasteiger partial charge in [0.2, 0.25) is 5.91 Å². The molecule has 3 rings (SSSR count). The number of carbonyl (C=O) groups is 1. The summed E-state index contributed by atoms with van der Waals surface area (Å²) >= 11 is 5.28. The maximum atomic E-state index is 12.4. The summed E-state index contributed by atoms with van der Waals surface area (Å²) < 4.78 is 7.28. The van der Waals surface area contributed by atoms with Crippen molar-refractivity contribution in [1.29, 1.82) is 0 Å². The quantitative estimate of drug-likeness (QED) is 0.615. The monoisotopic (exact) mass is 382 g/mol. The minimum atomic E-state index is -0.102. The van der Waals surface area contributed by atoms with Gasteiger partial charge in [0.05, 0.1) is 7.11 Å². The van der Waals surface area contributed by atoms with Crippen LogP contribution in [-0.4, -0.2) is 34.3 Å². The number of aryl methyl sites for hydroxylation is 1. The molecule has 27 heavy (non-hydrogen) atoms. The molecular weight excluding hydrogens is 360 g/mol. The van der Waals surface area contributed by atoms with Gasteiger partial charge in [0.15, 0.2) is 10.6 Å². The number of hydrogen-bond acceptors (Lipinski definition) is 4. The third-order valence-electron chi connectivity index (χ3n) is 4.26. The Hall–Kier alpha value is -2.93. The number of rotatable bonds is 7. The number of nitrogens with one attached hydrogen (secondary N) is 2. The van der Waals surface area contributed by atoms with E-state index < -0.39 is 0 Å². The molecule has 3 aromatic rings. The van der Waals surface area contributed by atoms with Gasteiger partial charge < -0.3 is 10.1 Å². The van der Waals surface area contributed by atoms with Crippen molar-refractivity contribution < 1.29 is 9.53 Å². The molecule has 0 saturated carbocycles. The first-order valence-electron chi connectivity index (χ1n) is 8.68. The molecule has 0 aliphatic heterocycles. The first kappa shape index (κ1) is 18.8. The highest BCUT2D eigenvalue weighted by Crippen LogP contribution is 2.17. The standard InChI is InChI=1S/C20H22N4O2S/c1-14-3-7-16(8-4-14)19-22-23-20(27)24(19)13-18(25)21-12-11-15-5-9-17(26-2)10-6-15/h3-10H,11-13H2,1-2H3,(H,21,25)(H,23,27). The average molecular weight is 382 g/mol. The third-order valence-corrected chi connectivity index (χ3v) is 4.58. The number of benzene rings is 2. The molecule has 6 nitrogen and oxygen atoms in total. The lowest BCUT2D eigenvalue weighted by atomic mass is 10.1. The molecule has 0 atom stereocenters. The van der Waals surface area contributed by atoms with Crippen molar-refractivity contribution >= 4 is 18.1 Å². The zero-order chi connectivity index (χ0) is 19.2. The van der Waals surface area contributed by atoms with Gasteiger partial charge in [0, 0.05) is 12.1 Å². The van der Waals surface area contributed by atoms with Crippen molar-refractivity contribution in [1.82, 2.24) is 20.1 Å². The molecule has 2 N–H and O–H groups in total. The molecule has 0 fully saturated rings. The summed E-state index contributed by atoms with van der Waals surface area (Å²) in [5.74, 6) is 1.38. The van der Waals surface area contributed by atoms with Crippen LogP contribution in [0.2, 0.25) is 0 Å². The van der Waals surface area contributed by atoms with Gasteiger partial charge in [-0.1, -0.05) is 42.0 Å². The zero-order valence-electron chi connectivity index (χ0n) is 15.4. The zero-order valence-corrected chi connectivity index (χ0v) is 16.2. The number of carbonyl (C=O) groups excluding carboxylic acids is 1. The highest BCUT2D eigenvalue weighted by atomic mass is 32.1. The molecule has 0 unspecified atom stereocenters. The van der Waals surface area contributed by atoms with Gasteiger partial charge in [-0.3, -0.25) is 14.5 Å². The molecule has 1 aromatic heterocycles. The Labute approximate surface area is 163 Å². The normalized spacial score (nSPS) is 10.6. The molecular formula is C20H22N4O2S. The predicted octanol–water partition coefficient (Wildman–Crippen LogP) is 3.28. The Morgan fingerprint density at radius 2 is 1.89 bits per heavy atom. The summed E-state index contributed by atoms with van der Waals surface area (Å²) in [6.07, 6.45) is 0.747. The third kappa shape index (κ3) is 4.83. The largest absolute Gasteiger partial charge is 0.497 e. The van der Waals surface area contributed by atoms with E-state index in [1.807, 2.05) is 55.5 Å². The lowest BCUT2D eigenvalue weighted by Gasteiger charge is -2.09. The second-order valence-corrected chi connectivity index (χ2v) is 6.64. The number of ether oxygens (including phenoxy) is 1. The highest BCUT2D eigenvalue weighted by Gasteiger charge is 2.12. The minimum absolute atomic E-state index is 0.102. The number of nitrogens with zero attached hydrogens (tertiary/aromatic N) is 2. The average Bonchev–Trinajstić information content (AvgIpc) is 3.03. The summed E-state index contributed by atoms with van der Waals surface area (Å²) in [5.41, 5.74) is 3.21. The fraction of sp³-hybridized carbons (Fsp3) is 0.250. The van der Waals surface area contributed by atoms with Crippen LogP contribution in [0.15, 0.2) is 48.5 Å². The fourth-order valence-corrected chi connectivity index (χ4v) is 2.92. The number of amides is 1. The van der Waals surface area contributed by atoms with E-state index in [0.29, 0.717) is 17.1 Å². The smallest absolute Gasteiger partial charge is 0.240 e. The number of methoxy groups -OCH3 is 1. The Morgan fingerprint density at radius 3 is 2.56 bits per heavy atom. The topological polar surface area (TPSA) is 71.9 Å². The van der Waals surface area contributed by atoms with Gasteiger partial charge in [0.25, 0.3) is 0 Å². The van der Waals surface area contributed by atoms with Crippen LogP contribution in [0.4, 0.5) is 0 Å². The number of H-pyrrole nitrogens is 1. The summed E-state index contributed by atoms with van der Waals surface area (Å²) in [5, 5.41) is 9.97. The Morgan fingerprint density at radius 1 is 1.19 bits per heavy atom. The van der Waals surface area contributed by atoms with E-state index in [1.54, 1.807) is 11.7 Å². The summed E-state index contributed by atoms with van der Waals surface area (Å²) in [4.78, 5) is 12.4. The van der Waals surface area contributed by atoms with Crippen molar-refractivity contribution in [3.63, 3.8) is 0 Å². The minimum Gasteiger partial charge on any atom is -0.497 e. The molecule has 0 saturated heterocycles. The first-order valence-corrected chi connectivity index (χ1v) is 9.09. The van der Waals surface area contributed by atoms with Crippen molar-refractivity contribution in [3.05, 3.63) is 64.4 Å². The van der Waals surface area contributed by atoms with Gasteiger partial charge in [-0.15, -0.1) is 0 Å². The van der Waals surface area contributed by atoms with E-state index in [4.69, 9.17) is 17.0 Å². The second-order valence-electron chi connectivity index (χ2n) is 6.25. The highest BCUT2D eigenvalue weighted by molar-refractivity contribution is 7.71. The molecule has 2 aromatic carbocycles. The van der Waals surface area contributed by atoms with Crippen LogP contribution in [0.3, 0.4) is 0 Å². The second kappa shape index (κ2) is 8.64. The number of aromatic amines is 1. The molecule has 0 spiro atoms. The number of hydrogen-bond donors (Lipinski definition) is 2. The fourth-order valence-electron chi connectivity index (χ4n) is 2.73. The van der Waals surface area contributed by atoms with Crippen LogP contribution in [0.25, 0.3) is 11.4 Å². The van der Waals surface area contributed by atoms with Crippen LogP contribution >= 0.6 is 12.2 Å². The summed E-state index contributed by atoms with van der Waals surface area (Å²) in [6, 6.07) is 15.8. The molecule has 0 radical (unpaired) electrons. The maximum Gasteiger partial charge on any atom is 0.240 e. The molecule has 0 aliphatic carbocycles. The molecule has 1 heterocycles. The van der Waals surface area contributed by atoms with Crippen LogP contribution < -0.4 is 10.1 Å². The van der Waals surface area contributed by atoms with E-state index >= 15 is 0 Å². The van der Waals surface area contributed by atoms with Crippen LogP contribution in [-0.2, 0) is 17.8 Å². The van der Waals surface area contributed by atoms with Crippen molar-refractivity contribution in [2.24, 2.45) is 0 Å². The van der Waals surface area contributed by atoms with Crippen LogP contribution in [0, 0.1) is 11.7 Å². The van der Waals surface area contributed by atoms with E-state index in [-0.39, 0.29) is 12.5 Å². The van der Waals surface area contributed by atoms with E-state index in [2.05, 4.69) is 15.5 Å². The SMILES string of the molecule is COc1ccc(CCNC(=O)Cn2c(-c3ccc(C)cc3)n[nH]c2=S)cc1. The van der Waals surface area contributed by atoms with E-state index in [9.17, 15) is 4.79 Å². The van der Waals surface area contributed by atoms with E-state index in [1.165, 1.54) is 0 Å². The number of aromatic nitrogens is 3.